The molecule has 0 aromatic carbocycles. The Morgan fingerprint density at radius 1 is 1.50 bits per heavy atom. The zero-order chi connectivity index (χ0) is 18.7. The number of methoxy groups -OCH3 is 1. The van der Waals surface area contributed by atoms with E-state index >= 15 is 0 Å². The van der Waals surface area contributed by atoms with E-state index in [-0.39, 0.29) is 5.56 Å². The van der Waals surface area contributed by atoms with Gasteiger partial charge in [0.1, 0.15) is 10.7 Å². The average Bonchev–Trinajstić information content (AvgIpc) is 2.91. The molecule has 144 valence electrons. The lowest BCUT2D eigenvalue weighted by atomic mass is 9.89. The van der Waals surface area contributed by atoms with Crippen LogP contribution in [0.25, 0.3) is 10.2 Å². The van der Waals surface area contributed by atoms with E-state index in [9.17, 15) is 9.90 Å². The van der Waals surface area contributed by atoms with Crippen LogP contribution < -0.4 is 5.56 Å². The predicted molar refractivity (Wildman–Crippen MR) is 105 cm³/mol. The van der Waals surface area contributed by atoms with E-state index in [1.165, 1.54) is 10.4 Å². The van der Waals surface area contributed by atoms with Crippen LogP contribution in [-0.4, -0.2) is 52.9 Å². The number of rotatable bonds is 8. The van der Waals surface area contributed by atoms with Gasteiger partial charge in [-0.15, -0.1) is 11.3 Å². The zero-order valence-electron chi connectivity index (χ0n) is 15.9. The van der Waals surface area contributed by atoms with Gasteiger partial charge in [-0.2, -0.15) is 0 Å². The van der Waals surface area contributed by atoms with Gasteiger partial charge in [0, 0.05) is 31.7 Å². The van der Waals surface area contributed by atoms with Crippen molar-refractivity contribution in [3.05, 3.63) is 26.6 Å². The minimum atomic E-state index is -0.427. The van der Waals surface area contributed by atoms with Crippen LogP contribution in [0.1, 0.15) is 43.0 Å². The second kappa shape index (κ2) is 8.61. The number of nitrogens with zero attached hydrogens (tertiary/aromatic N) is 2. The number of thiophene rings is 1. The lowest BCUT2D eigenvalue weighted by Gasteiger charge is -2.23. The lowest BCUT2D eigenvalue weighted by Crippen LogP contribution is -2.33. The Morgan fingerprint density at radius 2 is 2.31 bits per heavy atom. The molecule has 3 rings (SSSR count). The molecular formula is C19H29N3O3S. The maximum absolute atomic E-state index is 12.7. The fourth-order valence-electron chi connectivity index (χ4n) is 3.72. The number of aromatic amines is 1. The molecule has 26 heavy (non-hydrogen) atoms. The van der Waals surface area contributed by atoms with Gasteiger partial charge in [-0.3, -0.25) is 9.69 Å². The number of H-pyrrole nitrogens is 1. The third kappa shape index (κ3) is 4.52. The first-order chi connectivity index (χ1) is 12.5. The van der Waals surface area contributed by atoms with E-state index < -0.39 is 6.10 Å². The molecule has 1 aliphatic rings. The van der Waals surface area contributed by atoms with E-state index in [4.69, 9.17) is 9.72 Å². The summed E-state index contributed by atoms with van der Waals surface area (Å²) in [6.07, 6.45) is 3.62. The first kappa shape index (κ1) is 19.5. The SMILES string of the molecule is COCCCN(Cc1nc2sc3c(c2c(=O)[nH]1)CC[C@H](C)C3)C[C@@H](C)O. The maximum Gasteiger partial charge on any atom is 0.259 e. The van der Waals surface area contributed by atoms with Gasteiger partial charge in [-0.1, -0.05) is 6.92 Å². The summed E-state index contributed by atoms with van der Waals surface area (Å²) < 4.78 is 5.12. The summed E-state index contributed by atoms with van der Waals surface area (Å²) in [5.74, 6) is 1.35. The Hall–Kier alpha value is -1.28. The Bertz CT molecular complexity index is 799. The summed E-state index contributed by atoms with van der Waals surface area (Å²) in [4.78, 5) is 24.7. The van der Waals surface area contributed by atoms with Crippen molar-refractivity contribution in [2.45, 2.75) is 52.2 Å². The van der Waals surface area contributed by atoms with E-state index in [1.54, 1.807) is 25.4 Å². The van der Waals surface area contributed by atoms with E-state index in [1.807, 2.05) is 0 Å². The molecular weight excluding hydrogens is 350 g/mol. The van der Waals surface area contributed by atoms with Crippen molar-refractivity contribution in [1.29, 1.82) is 0 Å². The number of fused-ring (bicyclic) bond motifs is 3. The van der Waals surface area contributed by atoms with Crippen molar-refractivity contribution >= 4 is 21.6 Å². The van der Waals surface area contributed by atoms with E-state index in [0.717, 1.165) is 42.4 Å². The molecule has 7 heteroatoms. The van der Waals surface area contributed by atoms with Crippen LogP contribution in [0, 0.1) is 5.92 Å². The van der Waals surface area contributed by atoms with Crippen LogP contribution in [0.4, 0.5) is 0 Å². The molecule has 2 aromatic rings. The molecule has 0 radical (unpaired) electrons. The van der Waals surface area contributed by atoms with Crippen molar-refractivity contribution in [2.75, 3.05) is 26.8 Å². The summed E-state index contributed by atoms with van der Waals surface area (Å²) >= 11 is 1.68. The van der Waals surface area contributed by atoms with Gasteiger partial charge in [0.2, 0.25) is 0 Å². The van der Waals surface area contributed by atoms with Crippen LogP contribution >= 0.6 is 11.3 Å². The number of aryl methyl sites for hydroxylation is 1. The van der Waals surface area contributed by atoms with Gasteiger partial charge in [-0.25, -0.2) is 4.98 Å². The molecule has 6 nitrogen and oxygen atoms in total. The number of hydrogen-bond acceptors (Lipinski definition) is 6. The third-order valence-electron chi connectivity index (χ3n) is 4.93. The molecule has 0 spiro atoms. The zero-order valence-corrected chi connectivity index (χ0v) is 16.7. The number of aliphatic hydroxyl groups is 1. The number of ether oxygens (including phenoxy) is 1. The van der Waals surface area contributed by atoms with E-state index in [2.05, 4.69) is 16.8 Å². The highest BCUT2D eigenvalue weighted by Gasteiger charge is 2.23. The van der Waals surface area contributed by atoms with Crippen molar-refractivity contribution < 1.29 is 9.84 Å². The molecule has 0 bridgehead atoms. The van der Waals surface area contributed by atoms with Crippen molar-refractivity contribution in [1.82, 2.24) is 14.9 Å². The second-order valence-corrected chi connectivity index (χ2v) is 8.56. The normalized spacial score (nSPS) is 18.4. The fraction of sp³-hybridized carbons (Fsp3) is 0.684. The average molecular weight is 380 g/mol. The molecule has 1 aliphatic carbocycles. The first-order valence-electron chi connectivity index (χ1n) is 9.40. The second-order valence-electron chi connectivity index (χ2n) is 7.48. The molecule has 0 saturated carbocycles. The molecule has 0 unspecified atom stereocenters. The van der Waals surface area contributed by atoms with Gasteiger partial charge in [-0.05, 0) is 44.1 Å². The van der Waals surface area contributed by atoms with Crippen molar-refractivity contribution in [3.8, 4) is 0 Å². The Kier molecular flexibility index (Phi) is 6.45. The quantitative estimate of drug-likeness (QED) is 0.688. The predicted octanol–water partition coefficient (Wildman–Crippen LogP) is 2.33. The highest BCUT2D eigenvalue weighted by atomic mass is 32.1. The fourth-order valence-corrected chi connectivity index (χ4v) is 5.12. The molecule has 0 aliphatic heterocycles. The smallest absolute Gasteiger partial charge is 0.259 e. The molecule has 0 saturated heterocycles. The molecule has 0 fully saturated rings. The van der Waals surface area contributed by atoms with Gasteiger partial charge in [0.25, 0.3) is 5.56 Å². The van der Waals surface area contributed by atoms with Gasteiger partial charge in [0.15, 0.2) is 0 Å². The number of aliphatic hydroxyl groups excluding tert-OH is 1. The molecule has 2 atom stereocenters. The number of nitrogens with one attached hydrogen (secondary N) is 1. The maximum atomic E-state index is 12.7. The third-order valence-corrected chi connectivity index (χ3v) is 6.08. The van der Waals surface area contributed by atoms with Crippen LogP contribution in [0.15, 0.2) is 4.79 Å². The summed E-state index contributed by atoms with van der Waals surface area (Å²) in [6, 6.07) is 0. The molecule has 0 amide bonds. The van der Waals surface area contributed by atoms with Crippen LogP contribution in [0.5, 0.6) is 0 Å². The topological polar surface area (TPSA) is 78.5 Å². The summed E-state index contributed by atoms with van der Waals surface area (Å²) in [5.41, 5.74) is 1.19. The van der Waals surface area contributed by atoms with Gasteiger partial charge < -0.3 is 14.8 Å². The molecule has 2 heterocycles. The Morgan fingerprint density at radius 3 is 3.04 bits per heavy atom. The molecule has 2 N–H and O–H groups in total. The monoisotopic (exact) mass is 379 g/mol. The van der Waals surface area contributed by atoms with Gasteiger partial charge in [0.05, 0.1) is 18.0 Å². The van der Waals surface area contributed by atoms with E-state index in [0.29, 0.717) is 31.4 Å². The van der Waals surface area contributed by atoms with Crippen LogP contribution in [0.3, 0.4) is 0 Å². The van der Waals surface area contributed by atoms with Gasteiger partial charge >= 0.3 is 0 Å². The van der Waals surface area contributed by atoms with Crippen molar-refractivity contribution in [2.24, 2.45) is 5.92 Å². The summed E-state index contributed by atoms with van der Waals surface area (Å²) in [7, 11) is 1.69. The standard InChI is InChI=1S/C19H29N3O3S/c1-12-5-6-14-15(9-12)26-19-17(14)18(24)20-16(21-19)11-22(10-13(2)23)7-4-8-25-3/h12-13,23H,4-11H2,1-3H3,(H,20,21,24)/t12-,13+/m0/s1. The highest BCUT2D eigenvalue weighted by molar-refractivity contribution is 7.18. The minimum Gasteiger partial charge on any atom is -0.392 e. The summed E-state index contributed by atoms with van der Waals surface area (Å²) in [5, 5.41) is 10.5. The first-order valence-corrected chi connectivity index (χ1v) is 10.2. The number of hydrogen-bond donors (Lipinski definition) is 2. The molecule has 2 aromatic heterocycles. The largest absolute Gasteiger partial charge is 0.392 e. The lowest BCUT2D eigenvalue weighted by molar-refractivity contribution is 0.109. The summed E-state index contributed by atoms with van der Waals surface area (Å²) in [6.45, 7) is 6.58. The van der Waals surface area contributed by atoms with Crippen molar-refractivity contribution in [3.63, 3.8) is 0 Å². The highest BCUT2D eigenvalue weighted by Crippen LogP contribution is 2.35. The van der Waals surface area contributed by atoms with Crippen LogP contribution in [-0.2, 0) is 24.1 Å². The Labute approximate surface area is 158 Å². The minimum absolute atomic E-state index is 0.0223. The Balaban J connectivity index is 1.84. The van der Waals surface area contributed by atoms with Crippen LogP contribution in [0.2, 0.25) is 0 Å². The number of aromatic nitrogens is 2.